The van der Waals surface area contributed by atoms with Crippen molar-refractivity contribution in [3.8, 4) is 0 Å². The van der Waals surface area contributed by atoms with Crippen molar-refractivity contribution in [3.63, 3.8) is 0 Å². The highest BCUT2D eigenvalue weighted by Gasteiger charge is 2.33. The molecule has 1 aromatic carbocycles. The van der Waals surface area contributed by atoms with E-state index in [1.54, 1.807) is 12.1 Å². The van der Waals surface area contributed by atoms with Crippen molar-refractivity contribution in [3.05, 3.63) is 12.1 Å². The van der Waals surface area contributed by atoms with Crippen LogP contribution in [0.25, 0.3) is 11.0 Å². The molecule has 0 saturated heterocycles. The summed E-state index contributed by atoms with van der Waals surface area (Å²) in [5, 5.41) is 7.43. The SMILES string of the molecule is O=S1c2ccc3c(nnn3Cl)c21. The lowest BCUT2D eigenvalue weighted by molar-refractivity contribution is 0.693. The molecule has 12 heavy (non-hydrogen) atoms. The maximum Gasteiger partial charge on any atom is 0.132 e. The van der Waals surface area contributed by atoms with Gasteiger partial charge in [-0.3, -0.25) is 0 Å². The van der Waals surface area contributed by atoms with Crippen LogP contribution in [0.4, 0.5) is 0 Å². The molecule has 4 nitrogen and oxygen atoms in total. The highest BCUT2D eigenvalue weighted by molar-refractivity contribution is 7.91. The van der Waals surface area contributed by atoms with Crippen LogP contribution < -0.4 is 0 Å². The molecule has 6 heteroatoms. The molecule has 3 rings (SSSR count). The summed E-state index contributed by atoms with van der Waals surface area (Å²) in [7, 11) is -0.950. The Morgan fingerprint density at radius 3 is 3.17 bits per heavy atom. The van der Waals surface area contributed by atoms with Gasteiger partial charge in [0.15, 0.2) is 0 Å². The van der Waals surface area contributed by atoms with Crippen molar-refractivity contribution >= 4 is 33.6 Å². The lowest BCUT2D eigenvalue weighted by atomic mass is 10.3. The second-order valence-electron chi connectivity index (χ2n) is 2.48. The fourth-order valence-corrected chi connectivity index (χ4v) is 2.46. The molecule has 0 radical (unpaired) electrons. The molecular formula is C6H2ClN3OS. The number of benzene rings is 1. The molecule has 1 aliphatic rings. The van der Waals surface area contributed by atoms with E-state index in [1.165, 1.54) is 0 Å². The van der Waals surface area contributed by atoms with Crippen molar-refractivity contribution < 1.29 is 4.21 Å². The van der Waals surface area contributed by atoms with Gasteiger partial charge in [0.25, 0.3) is 0 Å². The van der Waals surface area contributed by atoms with Gasteiger partial charge in [0, 0.05) is 11.8 Å². The van der Waals surface area contributed by atoms with Gasteiger partial charge in [-0.25, -0.2) is 4.21 Å². The zero-order chi connectivity index (χ0) is 8.29. The standard InChI is InChI=1S/C6H2ClN3OS/c7-10-3-1-2-4-6(12(4)11)5(3)8-9-10/h1-2H. The van der Waals surface area contributed by atoms with Gasteiger partial charge in [0.05, 0.1) is 20.6 Å². The lowest BCUT2D eigenvalue weighted by Gasteiger charge is -1.82. The highest BCUT2D eigenvalue weighted by Crippen LogP contribution is 2.40. The Hall–Kier alpha value is -0.940. The van der Waals surface area contributed by atoms with Gasteiger partial charge >= 0.3 is 0 Å². The van der Waals surface area contributed by atoms with E-state index in [0.717, 1.165) is 14.0 Å². The monoisotopic (exact) mass is 199 g/mol. The Kier molecular flexibility index (Phi) is 1.02. The molecule has 0 spiro atoms. The third-order valence-electron chi connectivity index (χ3n) is 1.84. The normalized spacial score (nSPS) is 19.6. The summed E-state index contributed by atoms with van der Waals surface area (Å²) >= 11 is 5.66. The van der Waals surface area contributed by atoms with Gasteiger partial charge in [-0.15, -0.1) is 5.10 Å². The van der Waals surface area contributed by atoms with Crippen LogP contribution in [0.2, 0.25) is 0 Å². The molecule has 2 aromatic rings. The fraction of sp³-hybridized carbons (Fsp3) is 0. The van der Waals surface area contributed by atoms with Gasteiger partial charge in [-0.2, -0.15) is 4.20 Å². The zero-order valence-electron chi connectivity index (χ0n) is 5.69. The number of fused-ring (bicyclic) bond motifs is 3. The molecular weight excluding hydrogens is 198 g/mol. The van der Waals surface area contributed by atoms with E-state index in [0.29, 0.717) is 11.0 Å². The number of rotatable bonds is 0. The molecule has 1 aliphatic heterocycles. The van der Waals surface area contributed by atoms with Crippen molar-refractivity contribution in [2.45, 2.75) is 9.79 Å². The van der Waals surface area contributed by atoms with Crippen molar-refractivity contribution in [1.29, 1.82) is 0 Å². The number of aromatic nitrogens is 3. The van der Waals surface area contributed by atoms with E-state index in [2.05, 4.69) is 10.3 Å². The topological polar surface area (TPSA) is 47.8 Å². The van der Waals surface area contributed by atoms with E-state index in [1.807, 2.05) is 0 Å². The number of nitrogens with zero attached hydrogens (tertiary/aromatic N) is 3. The highest BCUT2D eigenvalue weighted by atomic mass is 35.5. The summed E-state index contributed by atoms with van der Waals surface area (Å²) in [5.41, 5.74) is 1.36. The molecule has 0 saturated carbocycles. The summed E-state index contributed by atoms with van der Waals surface area (Å²) in [6, 6.07) is 3.56. The van der Waals surface area contributed by atoms with Gasteiger partial charge in [0.2, 0.25) is 0 Å². The van der Waals surface area contributed by atoms with Crippen molar-refractivity contribution in [2.75, 3.05) is 0 Å². The molecule has 60 valence electrons. The summed E-state index contributed by atoms with van der Waals surface area (Å²) in [5.74, 6) is 0. The van der Waals surface area contributed by atoms with Crippen LogP contribution in [-0.2, 0) is 10.8 Å². The van der Waals surface area contributed by atoms with Crippen LogP contribution in [-0.4, -0.2) is 18.7 Å². The van der Waals surface area contributed by atoms with Crippen LogP contribution in [0.5, 0.6) is 0 Å². The minimum Gasteiger partial charge on any atom is -0.249 e. The maximum absolute atomic E-state index is 11.2. The zero-order valence-corrected chi connectivity index (χ0v) is 7.26. The van der Waals surface area contributed by atoms with Crippen LogP contribution >= 0.6 is 11.8 Å². The summed E-state index contributed by atoms with van der Waals surface area (Å²) in [6.45, 7) is 0. The van der Waals surface area contributed by atoms with E-state index in [-0.39, 0.29) is 0 Å². The Labute approximate surface area is 74.7 Å². The maximum atomic E-state index is 11.2. The first-order valence-electron chi connectivity index (χ1n) is 3.25. The average Bonchev–Trinajstić information content (AvgIpc) is 2.57. The fourth-order valence-electron chi connectivity index (χ4n) is 1.22. The smallest absolute Gasteiger partial charge is 0.132 e. The first kappa shape index (κ1) is 6.56. The number of hydrogen-bond acceptors (Lipinski definition) is 3. The Morgan fingerprint density at radius 2 is 2.33 bits per heavy atom. The predicted molar refractivity (Wildman–Crippen MR) is 43.5 cm³/mol. The van der Waals surface area contributed by atoms with E-state index in [4.69, 9.17) is 11.8 Å². The second-order valence-corrected chi connectivity index (χ2v) is 4.18. The van der Waals surface area contributed by atoms with Gasteiger partial charge in [0.1, 0.15) is 11.0 Å². The molecule has 0 amide bonds. The molecule has 0 fully saturated rings. The van der Waals surface area contributed by atoms with E-state index in [9.17, 15) is 4.21 Å². The summed E-state index contributed by atoms with van der Waals surface area (Å²) in [6.07, 6.45) is 0. The predicted octanol–water partition coefficient (Wildman–Crippen LogP) is 0.913. The van der Waals surface area contributed by atoms with Gasteiger partial charge in [-0.05, 0) is 17.3 Å². The van der Waals surface area contributed by atoms with Gasteiger partial charge < -0.3 is 0 Å². The molecule has 0 bridgehead atoms. The number of hydrogen-bond donors (Lipinski definition) is 0. The molecule has 1 aromatic heterocycles. The molecule has 0 N–H and O–H groups in total. The number of halogens is 1. The first-order valence-corrected chi connectivity index (χ1v) is 4.74. The quantitative estimate of drug-likeness (QED) is 0.506. The minimum absolute atomic E-state index is 0.654. The molecule has 2 heterocycles. The van der Waals surface area contributed by atoms with E-state index < -0.39 is 10.8 Å². The lowest BCUT2D eigenvalue weighted by Crippen LogP contribution is -1.79. The van der Waals surface area contributed by atoms with Gasteiger partial charge in [-0.1, -0.05) is 0 Å². The summed E-state index contributed by atoms with van der Waals surface area (Å²) < 4.78 is 12.3. The minimum atomic E-state index is -0.950. The molecule has 0 aliphatic carbocycles. The van der Waals surface area contributed by atoms with E-state index >= 15 is 0 Å². The Morgan fingerprint density at radius 1 is 1.50 bits per heavy atom. The van der Waals surface area contributed by atoms with Crippen molar-refractivity contribution in [2.24, 2.45) is 0 Å². The average molecular weight is 200 g/mol. The Bertz CT molecular complexity index is 521. The third-order valence-corrected chi connectivity index (χ3v) is 3.41. The molecule has 1 atom stereocenters. The van der Waals surface area contributed by atoms with Crippen LogP contribution in [0, 0.1) is 0 Å². The van der Waals surface area contributed by atoms with Crippen LogP contribution in [0.1, 0.15) is 0 Å². The first-order chi connectivity index (χ1) is 5.79. The van der Waals surface area contributed by atoms with Crippen LogP contribution in [0.15, 0.2) is 21.9 Å². The molecule has 1 unspecified atom stereocenters. The van der Waals surface area contributed by atoms with Crippen LogP contribution in [0.3, 0.4) is 0 Å². The summed E-state index contributed by atoms with van der Waals surface area (Å²) in [4.78, 5) is 1.62. The third kappa shape index (κ3) is 0.610. The largest absolute Gasteiger partial charge is 0.249 e. The van der Waals surface area contributed by atoms with Crippen molar-refractivity contribution in [1.82, 2.24) is 14.5 Å². The second kappa shape index (κ2) is 1.86. The Balaban J connectivity index is 2.56.